The Kier molecular flexibility index (Phi) is 10.2. The van der Waals surface area contributed by atoms with E-state index >= 15 is 0 Å². The van der Waals surface area contributed by atoms with Gasteiger partial charge in [-0.25, -0.2) is 9.97 Å². The molecule has 11 nitrogen and oxygen atoms in total. The molecule has 0 aliphatic carbocycles. The fourth-order valence-corrected chi connectivity index (χ4v) is 6.27. The Labute approximate surface area is 246 Å². The molecule has 13 heteroatoms. The predicted octanol–water partition coefficient (Wildman–Crippen LogP) is 2.44. The largest absolute Gasteiger partial charge is 0.351 e. The van der Waals surface area contributed by atoms with Gasteiger partial charge in [-0.15, -0.1) is 22.7 Å². The molecule has 0 fully saturated rings. The van der Waals surface area contributed by atoms with Gasteiger partial charge in [-0.1, -0.05) is 44.2 Å². The highest BCUT2D eigenvalue weighted by atomic mass is 32.1. The first kappa shape index (κ1) is 30.3. The van der Waals surface area contributed by atoms with Crippen LogP contribution < -0.4 is 21.7 Å². The van der Waals surface area contributed by atoms with Crippen LogP contribution in [0, 0.1) is 5.92 Å². The van der Waals surface area contributed by atoms with Crippen LogP contribution in [-0.4, -0.2) is 64.2 Å². The first-order valence-corrected chi connectivity index (χ1v) is 15.3. The van der Waals surface area contributed by atoms with Gasteiger partial charge in [0.1, 0.15) is 21.4 Å². The number of carbonyl (C=O) groups is 4. The van der Waals surface area contributed by atoms with Crippen LogP contribution in [0.2, 0.25) is 0 Å². The lowest BCUT2D eigenvalue weighted by Gasteiger charge is -2.25. The number of rotatable bonds is 4. The fraction of sp³-hybridized carbons (Fsp3) is 0.429. The van der Waals surface area contributed by atoms with Crippen molar-refractivity contribution in [2.45, 2.75) is 51.7 Å². The third kappa shape index (κ3) is 7.96. The van der Waals surface area contributed by atoms with Crippen molar-refractivity contribution in [2.75, 3.05) is 19.6 Å². The lowest BCUT2D eigenvalue weighted by Crippen LogP contribution is -2.48. The zero-order valence-electron chi connectivity index (χ0n) is 23.3. The summed E-state index contributed by atoms with van der Waals surface area (Å²) in [4.78, 5) is 62.6. The molecule has 3 heterocycles. The van der Waals surface area contributed by atoms with Gasteiger partial charge in [0.25, 0.3) is 11.8 Å². The summed E-state index contributed by atoms with van der Waals surface area (Å²) in [6.07, 6.45) is 0.868. The molecule has 2 aromatic heterocycles. The zero-order valence-corrected chi connectivity index (χ0v) is 24.9. The lowest BCUT2D eigenvalue weighted by atomic mass is 10.0. The summed E-state index contributed by atoms with van der Waals surface area (Å²) in [5, 5.41) is 13.4. The van der Waals surface area contributed by atoms with Gasteiger partial charge in [0.2, 0.25) is 11.8 Å². The van der Waals surface area contributed by atoms with Gasteiger partial charge in [0, 0.05) is 23.8 Å². The number of carbonyl (C=O) groups excluding carboxylic acids is 4. The second-order valence-corrected chi connectivity index (χ2v) is 12.1. The Hall–Kier alpha value is -3.68. The van der Waals surface area contributed by atoms with Gasteiger partial charge in [0.15, 0.2) is 0 Å². The molecule has 41 heavy (non-hydrogen) atoms. The van der Waals surface area contributed by atoms with E-state index in [1.54, 1.807) is 17.7 Å². The van der Waals surface area contributed by atoms with E-state index in [1.807, 2.05) is 44.2 Å². The SMILES string of the molecule is CC(C)[C@@H]1NC(=O)c2csc(n2)[C@H](Cc2ccccc2)NC(=O)CN(C(=O)[C@@H](C)N)CCCNC(=O)c2csc1n2. The Balaban J connectivity index is 1.67. The molecule has 5 N–H and O–H groups in total. The number of hydrogen-bond acceptors (Lipinski definition) is 9. The number of hydrogen-bond donors (Lipinski definition) is 4. The van der Waals surface area contributed by atoms with Gasteiger partial charge in [0.05, 0.1) is 24.7 Å². The van der Waals surface area contributed by atoms with Gasteiger partial charge in [-0.05, 0) is 31.2 Å². The first-order chi connectivity index (χ1) is 19.6. The maximum absolute atomic E-state index is 13.3. The molecule has 1 aliphatic rings. The van der Waals surface area contributed by atoms with Crippen LogP contribution in [0.25, 0.3) is 0 Å². The maximum atomic E-state index is 13.3. The third-order valence-electron chi connectivity index (χ3n) is 6.57. The molecule has 3 aromatic rings. The molecule has 4 rings (SSSR count). The molecule has 4 amide bonds. The number of thiazole rings is 2. The summed E-state index contributed by atoms with van der Waals surface area (Å²) in [6, 6.07) is 7.93. The summed E-state index contributed by atoms with van der Waals surface area (Å²) in [7, 11) is 0. The molecule has 0 saturated carbocycles. The summed E-state index contributed by atoms with van der Waals surface area (Å²) in [6.45, 7) is 5.81. The normalized spacial score (nSPS) is 19.8. The molecular formula is C28H35N7O4S2. The van der Waals surface area contributed by atoms with Crippen LogP contribution in [0.4, 0.5) is 0 Å². The van der Waals surface area contributed by atoms with Crippen molar-refractivity contribution in [1.29, 1.82) is 0 Å². The number of amides is 4. The van der Waals surface area contributed by atoms with Crippen LogP contribution in [0.5, 0.6) is 0 Å². The average Bonchev–Trinajstić information content (AvgIpc) is 3.63. The van der Waals surface area contributed by atoms with E-state index in [0.717, 1.165) is 5.56 Å². The van der Waals surface area contributed by atoms with Gasteiger partial charge in [-0.2, -0.15) is 0 Å². The van der Waals surface area contributed by atoms with Gasteiger partial charge in [-0.3, -0.25) is 19.2 Å². The number of fused-ring (bicyclic) bond motifs is 4. The van der Waals surface area contributed by atoms with Crippen molar-refractivity contribution in [2.24, 2.45) is 11.7 Å². The molecule has 218 valence electrons. The van der Waals surface area contributed by atoms with Crippen molar-refractivity contribution >= 4 is 46.3 Å². The second-order valence-electron chi connectivity index (χ2n) is 10.3. The van der Waals surface area contributed by atoms with Crippen molar-refractivity contribution in [3.63, 3.8) is 0 Å². The highest BCUT2D eigenvalue weighted by Gasteiger charge is 2.27. The minimum absolute atomic E-state index is 0.00630. The summed E-state index contributed by atoms with van der Waals surface area (Å²) in [5.74, 6) is -1.46. The zero-order chi connectivity index (χ0) is 29.5. The van der Waals surface area contributed by atoms with Gasteiger partial charge >= 0.3 is 0 Å². The van der Waals surface area contributed by atoms with E-state index in [2.05, 4.69) is 25.9 Å². The smallest absolute Gasteiger partial charge is 0.271 e. The van der Waals surface area contributed by atoms with Crippen LogP contribution in [-0.2, 0) is 16.0 Å². The van der Waals surface area contributed by atoms with Crippen molar-refractivity contribution in [3.8, 4) is 0 Å². The summed E-state index contributed by atoms with van der Waals surface area (Å²) < 4.78 is 0. The molecule has 0 unspecified atom stereocenters. The minimum Gasteiger partial charge on any atom is -0.351 e. The third-order valence-corrected chi connectivity index (χ3v) is 8.46. The Morgan fingerprint density at radius 3 is 2.34 bits per heavy atom. The van der Waals surface area contributed by atoms with E-state index in [1.165, 1.54) is 27.6 Å². The van der Waals surface area contributed by atoms with E-state index in [0.29, 0.717) is 22.9 Å². The number of nitrogens with two attached hydrogens (primary N) is 1. The quantitative estimate of drug-likeness (QED) is 0.359. The Morgan fingerprint density at radius 2 is 1.66 bits per heavy atom. The molecule has 0 saturated heterocycles. The molecular weight excluding hydrogens is 562 g/mol. The molecule has 1 aliphatic heterocycles. The standard InChI is InChI=1S/C28H35N7O4S2/c1-16(2)23-27-33-20(14-41-27)24(37)30-10-7-11-35(28(39)17(3)29)13-22(36)31-19(12-18-8-5-4-6-9-18)26-32-21(15-40-26)25(38)34-23/h4-6,8-9,14-17,19,23H,7,10-13,29H2,1-3H3,(H,30,37)(H,31,36)(H,34,38)/t17-,19+,23+/m1/s1. The lowest BCUT2D eigenvalue weighted by molar-refractivity contribution is -0.137. The van der Waals surface area contributed by atoms with Crippen molar-refractivity contribution in [3.05, 3.63) is 68.1 Å². The average molecular weight is 598 g/mol. The predicted molar refractivity (Wildman–Crippen MR) is 157 cm³/mol. The number of nitrogens with one attached hydrogen (secondary N) is 3. The van der Waals surface area contributed by atoms with E-state index in [9.17, 15) is 19.2 Å². The Bertz CT molecular complexity index is 1370. The van der Waals surface area contributed by atoms with Crippen LogP contribution >= 0.6 is 22.7 Å². The number of benzene rings is 1. The first-order valence-electron chi connectivity index (χ1n) is 13.5. The highest BCUT2D eigenvalue weighted by Crippen LogP contribution is 2.27. The minimum atomic E-state index is -0.790. The van der Waals surface area contributed by atoms with E-state index < -0.39 is 18.1 Å². The maximum Gasteiger partial charge on any atom is 0.271 e. The van der Waals surface area contributed by atoms with Crippen molar-refractivity contribution in [1.82, 2.24) is 30.8 Å². The molecule has 1 aromatic carbocycles. The summed E-state index contributed by atoms with van der Waals surface area (Å²) in [5.41, 5.74) is 7.32. The van der Waals surface area contributed by atoms with Crippen LogP contribution in [0.1, 0.15) is 75.8 Å². The monoisotopic (exact) mass is 597 g/mol. The topological polar surface area (TPSA) is 159 Å². The van der Waals surface area contributed by atoms with Gasteiger partial charge < -0.3 is 26.6 Å². The fourth-order valence-electron chi connectivity index (χ4n) is 4.40. The Morgan fingerprint density at radius 1 is 1.00 bits per heavy atom. The van der Waals surface area contributed by atoms with E-state index in [4.69, 9.17) is 5.73 Å². The number of nitrogens with zero attached hydrogens (tertiary/aromatic N) is 3. The highest BCUT2D eigenvalue weighted by molar-refractivity contribution is 7.10. The molecule has 4 bridgehead atoms. The molecule has 3 atom stereocenters. The van der Waals surface area contributed by atoms with Crippen LogP contribution in [0.3, 0.4) is 0 Å². The second kappa shape index (κ2) is 13.8. The molecule has 0 radical (unpaired) electrons. The molecule has 0 spiro atoms. The van der Waals surface area contributed by atoms with Crippen LogP contribution in [0.15, 0.2) is 41.1 Å². The summed E-state index contributed by atoms with van der Waals surface area (Å²) >= 11 is 2.59. The van der Waals surface area contributed by atoms with Crippen molar-refractivity contribution < 1.29 is 19.2 Å². The van der Waals surface area contributed by atoms with E-state index in [-0.39, 0.29) is 60.6 Å². The number of aromatic nitrogens is 2.